The number of nitrogens with zero attached hydrogens (tertiary/aromatic N) is 2. The Balaban J connectivity index is 1.46. The Labute approximate surface area is 152 Å². The third-order valence-corrected chi connectivity index (χ3v) is 5.33. The number of benzene rings is 1. The molecule has 0 radical (unpaired) electrons. The second kappa shape index (κ2) is 6.52. The van der Waals surface area contributed by atoms with Crippen molar-refractivity contribution in [2.24, 2.45) is 0 Å². The number of hydrogen-bond acceptors (Lipinski definition) is 3. The molecule has 4 rings (SSSR count). The third kappa shape index (κ3) is 3.02. The van der Waals surface area contributed by atoms with E-state index in [4.69, 9.17) is 16.6 Å². The first-order chi connectivity index (χ1) is 12.2. The van der Waals surface area contributed by atoms with Gasteiger partial charge in [0.2, 0.25) is 0 Å². The van der Waals surface area contributed by atoms with Crippen LogP contribution >= 0.6 is 12.2 Å². The molecular weight excluding hydrogens is 334 g/mol. The van der Waals surface area contributed by atoms with E-state index in [1.165, 1.54) is 0 Å². The van der Waals surface area contributed by atoms with E-state index >= 15 is 0 Å². The van der Waals surface area contributed by atoms with Gasteiger partial charge in [0.15, 0.2) is 5.11 Å². The molecule has 1 saturated heterocycles. The van der Waals surface area contributed by atoms with Gasteiger partial charge in [-0.2, -0.15) is 0 Å². The van der Waals surface area contributed by atoms with Crippen molar-refractivity contribution in [1.82, 2.24) is 15.3 Å². The van der Waals surface area contributed by atoms with Gasteiger partial charge in [-0.1, -0.05) is 30.3 Å². The number of hydrazine groups is 1. The minimum Gasteiger partial charge on any atom is -0.467 e. The highest BCUT2D eigenvalue weighted by Gasteiger charge is 2.54. The van der Waals surface area contributed by atoms with Crippen LogP contribution in [-0.4, -0.2) is 34.1 Å². The number of amides is 1. The van der Waals surface area contributed by atoms with E-state index in [1.807, 2.05) is 40.3 Å². The van der Waals surface area contributed by atoms with Gasteiger partial charge in [-0.15, -0.1) is 0 Å². The molecule has 25 heavy (non-hydrogen) atoms. The highest BCUT2D eigenvalue weighted by Crippen LogP contribution is 2.50. The molecule has 5 nitrogen and oxygen atoms in total. The van der Waals surface area contributed by atoms with Crippen molar-refractivity contribution < 1.29 is 9.21 Å². The molecule has 2 heterocycles. The Morgan fingerprint density at radius 1 is 1.12 bits per heavy atom. The molecule has 0 unspecified atom stereocenters. The molecule has 0 atom stereocenters. The van der Waals surface area contributed by atoms with Crippen LogP contribution in [0.1, 0.15) is 30.6 Å². The summed E-state index contributed by atoms with van der Waals surface area (Å²) in [4.78, 5) is 13.3. The number of hydrogen-bond donors (Lipinski definition) is 1. The molecule has 1 aliphatic heterocycles. The van der Waals surface area contributed by atoms with Crippen LogP contribution in [0.4, 0.5) is 0 Å². The quantitative estimate of drug-likeness (QED) is 0.855. The smallest absolute Gasteiger partial charge is 0.251 e. The van der Waals surface area contributed by atoms with E-state index in [0.717, 1.165) is 43.7 Å². The minimum absolute atomic E-state index is 0.165. The van der Waals surface area contributed by atoms with E-state index in [-0.39, 0.29) is 11.3 Å². The number of nitrogens with one attached hydrogen (secondary N) is 1. The lowest BCUT2D eigenvalue weighted by molar-refractivity contribution is -0.141. The summed E-state index contributed by atoms with van der Waals surface area (Å²) in [5, 5.41) is 7.51. The van der Waals surface area contributed by atoms with Crippen LogP contribution in [0, 0.1) is 0 Å². The van der Waals surface area contributed by atoms with Crippen molar-refractivity contribution in [3.05, 3.63) is 60.1 Å². The normalized spacial score (nSPS) is 18.2. The van der Waals surface area contributed by atoms with Gasteiger partial charge in [0, 0.05) is 13.1 Å². The van der Waals surface area contributed by atoms with Gasteiger partial charge in [0.05, 0.1) is 18.2 Å². The summed E-state index contributed by atoms with van der Waals surface area (Å²) in [6.45, 7) is 2.00. The zero-order chi connectivity index (χ0) is 17.3. The first kappa shape index (κ1) is 16.1. The summed E-state index contributed by atoms with van der Waals surface area (Å²) in [7, 11) is 0. The van der Waals surface area contributed by atoms with Crippen LogP contribution < -0.4 is 5.32 Å². The molecule has 6 heteroatoms. The number of carbonyl (C=O) groups is 1. The fourth-order valence-corrected chi connectivity index (χ4v) is 3.72. The summed E-state index contributed by atoms with van der Waals surface area (Å²) in [6, 6.07) is 13.8. The topological polar surface area (TPSA) is 48.7 Å². The van der Waals surface area contributed by atoms with E-state index in [2.05, 4.69) is 17.4 Å². The van der Waals surface area contributed by atoms with Crippen molar-refractivity contribution >= 4 is 23.2 Å². The van der Waals surface area contributed by atoms with Crippen LogP contribution in [0.2, 0.25) is 0 Å². The predicted octanol–water partition coefficient (Wildman–Crippen LogP) is 2.84. The molecule has 1 aromatic carbocycles. The maximum Gasteiger partial charge on any atom is 0.251 e. The van der Waals surface area contributed by atoms with Crippen LogP contribution in [0.15, 0.2) is 53.1 Å². The standard InChI is InChI=1S/C19H21N3O2S/c23-17(19(9-10-19)15-6-2-1-3-7-15)21-11-5-12-22(21)18(25)20-14-16-8-4-13-24-16/h1-4,6-8,13H,5,9-12,14H2,(H,20,25). The molecule has 0 spiro atoms. The highest BCUT2D eigenvalue weighted by atomic mass is 32.1. The first-order valence-electron chi connectivity index (χ1n) is 8.66. The Kier molecular flexibility index (Phi) is 4.21. The van der Waals surface area contributed by atoms with Crippen LogP contribution in [0.3, 0.4) is 0 Å². The second-order valence-corrected chi connectivity index (χ2v) is 6.98. The van der Waals surface area contributed by atoms with E-state index < -0.39 is 0 Å². The van der Waals surface area contributed by atoms with E-state index in [0.29, 0.717) is 11.7 Å². The SMILES string of the molecule is O=C(N1CCCN1C(=S)NCc1ccco1)C1(c2ccccc2)CC1. The molecule has 1 aliphatic carbocycles. The number of rotatable bonds is 4. The van der Waals surface area contributed by atoms with Gasteiger partial charge in [0.25, 0.3) is 5.91 Å². The lowest BCUT2D eigenvalue weighted by Crippen LogP contribution is -2.51. The summed E-state index contributed by atoms with van der Waals surface area (Å²) < 4.78 is 5.32. The minimum atomic E-state index is -0.361. The summed E-state index contributed by atoms with van der Waals surface area (Å²) >= 11 is 5.52. The van der Waals surface area contributed by atoms with Gasteiger partial charge < -0.3 is 9.73 Å². The first-order valence-corrected chi connectivity index (χ1v) is 9.07. The zero-order valence-electron chi connectivity index (χ0n) is 14.0. The Morgan fingerprint density at radius 3 is 2.56 bits per heavy atom. The Bertz CT molecular complexity index is 756. The van der Waals surface area contributed by atoms with E-state index in [9.17, 15) is 4.79 Å². The van der Waals surface area contributed by atoms with Crippen molar-refractivity contribution in [2.45, 2.75) is 31.2 Å². The summed E-state index contributed by atoms with van der Waals surface area (Å²) in [6.07, 6.45) is 4.39. The zero-order valence-corrected chi connectivity index (χ0v) is 14.8. The monoisotopic (exact) mass is 355 g/mol. The molecule has 1 saturated carbocycles. The van der Waals surface area contributed by atoms with Gasteiger partial charge in [-0.3, -0.25) is 14.8 Å². The van der Waals surface area contributed by atoms with Crippen LogP contribution in [0.5, 0.6) is 0 Å². The Hall–Kier alpha value is -2.34. The van der Waals surface area contributed by atoms with Crippen LogP contribution in [0.25, 0.3) is 0 Å². The lowest BCUT2D eigenvalue weighted by Gasteiger charge is -2.33. The molecule has 2 fully saturated rings. The van der Waals surface area contributed by atoms with Gasteiger partial charge in [0.1, 0.15) is 5.76 Å². The van der Waals surface area contributed by atoms with E-state index in [1.54, 1.807) is 6.26 Å². The largest absolute Gasteiger partial charge is 0.467 e. The van der Waals surface area contributed by atoms with Gasteiger partial charge in [-0.05, 0) is 49.2 Å². The lowest BCUT2D eigenvalue weighted by atomic mass is 9.95. The molecular formula is C19H21N3O2S. The third-order valence-electron chi connectivity index (χ3n) is 4.98. The molecule has 1 amide bonds. The predicted molar refractivity (Wildman–Crippen MR) is 98.5 cm³/mol. The maximum atomic E-state index is 13.3. The number of thiocarbonyl (C=S) groups is 1. The highest BCUT2D eigenvalue weighted by molar-refractivity contribution is 7.80. The van der Waals surface area contributed by atoms with Gasteiger partial charge >= 0.3 is 0 Å². The van der Waals surface area contributed by atoms with Gasteiger partial charge in [-0.25, -0.2) is 0 Å². The van der Waals surface area contributed by atoms with Crippen molar-refractivity contribution in [1.29, 1.82) is 0 Å². The molecule has 130 valence electrons. The average molecular weight is 355 g/mol. The summed E-state index contributed by atoms with van der Waals surface area (Å²) in [5.41, 5.74) is 0.752. The summed E-state index contributed by atoms with van der Waals surface area (Å²) in [5.74, 6) is 0.987. The Morgan fingerprint density at radius 2 is 1.88 bits per heavy atom. The van der Waals surface area contributed by atoms with Crippen molar-refractivity contribution in [3.8, 4) is 0 Å². The number of carbonyl (C=O) groups excluding carboxylic acids is 1. The maximum absolute atomic E-state index is 13.3. The molecule has 2 aliphatic rings. The molecule has 1 aromatic heterocycles. The van der Waals surface area contributed by atoms with Crippen LogP contribution in [-0.2, 0) is 16.8 Å². The molecule has 1 N–H and O–H groups in total. The second-order valence-electron chi connectivity index (χ2n) is 6.59. The fourth-order valence-electron chi connectivity index (χ4n) is 3.46. The molecule has 2 aromatic rings. The average Bonchev–Trinajstić information content (AvgIpc) is 3.07. The van der Waals surface area contributed by atoms with Crippen molar-refractivity contribution in [2.75, 3.05) is 13.1 Å². The van der Waals surface area contributed by atoms with Crippen molar-refractivity contribution in [3.63, 3.8) is 0 Å². The molecule has 0 bridgehead atoms. The fraction of sp³-hybridized carbons (Fsp3) is 0.368. The number of furan rings is 1.